The molecule has 62 valence electrons. The highest BCUT2D eigenvalue weighted by molar-refractivity contribution is 5.37. The Bertz CT molecular complexity index is 333. The van der Waals surface area contributed by atoms with Crippen LogP contribution >= 0.6 is 0 Å². The van der Waals surface area contributed by atoms with Crippen LogP contribution in [0, 0.1) is 24.6 Å². The molecule has 0 spiro atoms. The average molecular weight is 164 g/mol. The van der Waals surface area contributed by atoms with Crippen molar-refractivity contribution in [1.82, 2.24) is 0 Å². The highest BCUT2D eigenvalue weighted by Crippen LogP contribution is 2.07. The molecule has 0 aliphatic carbocycles. The summed E-state index contributed by atoms with van der Waals surface area (Å²) in [6.07, 6.45) is 0. The number of halogens is 1. The molecule has 0 atom stereocenters. The van der Waals surface area contributed by atoms with E-state index >= 15 is 0 Å². The molecule has 1 aromatic rings. The first-order valence-corrected chi connectivity index (χ1v) is 3.60. The van der Waals surface area contributed by atoms with E-state index in [4.69, 9.17) is 5.11 Å². The van der Waals surface area contributed by atoms with Crippen LogP contribution in [0.4, 0.5) is 4.39 Å². The van der Waals surface area contributed by atoms with E-state index in [9.17, 15) is 4.39 Å². The quantitative estimate of drug-likeness (QED) is 0.576. The first-order valence-electron chi connectivity index (χ1n) is 3.60. The van der Waals surface area contributed by atoms with Gasteiger partial charge in [-0.25, -0.2) is 4.39 Å². The van der Waals surface area contributed by atoms with E-state index in [0.717, 1.165) is 5.56 Å². The molecule has 0 bridgehead atoms. The number of benzene rings is 1. The molecule has 0 aromatic heterocycles. The Balaban J connectivity index is 3.01. The maximum atomic E-state index is 13.0. The van der Waals surface area contributed by atoms with Crippen LogP contribution in [0.15, 0.2) is 18.2 Å². The molecule has 0 unspecified atom stereocenters. The van der Waals surface area contributed by atoms with E-state index in [1.165, 1.54) is 6.07 Å². The number of hydrogen-bond donors (Lipinski definition) is 1. The fourth-order valence-corrected chi connectivity index (χ4v) is 0.856. The second kappa shape index (κ2) is 3.89. The summed E-state index contributed by atoms with van der Waals surface area (Å²) < 4.78 is 13.0. The van der Waals surface area contributed by atoms with Crippen LogP contribution in [0.3, 0.4) is 0 Å². The average Bonchev–Trinajstić information content (AvgIpc) is 2.03. The SMILES string of the molecule is Cc1ccc(C#CCO)c(F)c1. The van der Waals surface area contributed by atoms with Crippen molar-refractivity contribution in [1.29, 1.82) is 0 Å². The summed E-state index contributed by atoms with van der Waals surface area (Å²) in [6, 6.07) is 4.80. The monoisotopic (exact) mass is 164 g/mol. The van der Waals surface area contributed by atoms with Crippen molar-refractivity contribution in [2.45, 2.75) is 6.92 Å². The molecule has 1 aromatic carbocycles. The Morgan fingerprint density at radius 2 is 2.25 bits per heavy atom. The maximum absolute atomic E-state index is 13.0. The van der Waals surface area contributed by atoms with Crippen LogP contribution < -0.4 is 0 Å². The lowest BCUT2D eigenvalue weighted by atomic mass is 10.1. The standard InChI is InChI=1S/C10H9FO/c1-8-4-5-9(3-2-6-12)10(11)7-8/h4-5,7,12H,6H2,1H3. The van der Waals surface area contributed by atoms with Crippen LogP contribution in [0.1, 0.15) is 11.1 Å². The Labute approximate surface area is 70.9 Å². The van der Waals surface area contributed by atoms with E-state index in [2.05, 4.69) is 11.8 Å². The van der Waals surface area contributed by atoms with Crippen molar-refractivity contribution in [2.24, 2.45) is 0 Å². The molecule has 0 heterocycles. The predicted molar refractivity (Wildman–Crippen MR) is 45.1 cm³/mol. The summed E-state index contributed by atoms with van der Waals surface area (Å²) in [5.41, 5.74) is 1.19. The minimum absolute atomic E-state index is 0.243. The van der Waals surface area contributed by atoms with E-state index < -0.39 is 0 Å². The molecule has 1 nitrogen and oxygen atoms in total. The molecule has 0 saturated carbocycles. The molecule has 0 radical (unpaired) electrons. The fraction of sp³-hybridized carbons (Fsp3) is 0.200. The Morgan fingerprint density at radius 1 is 1.50 bits per heavy atom. The molecule has 0 saturated heterocycles. The number of aliphatic hydroxyl groups is 1. The summed E-state index contributed by atoms with van der Waals surface area (Å²) in [4.78, 5) is 0. The molecule has 0 fully saturated rings. The lowest BCUT2D eigenvalue weighted by Crippen LogP contribution is -1.84. The molecule has 0 amide bonds. The van der Waals surface area contributed by atoms with Gasteiger partial charge in [0.2, 0.25) is 0 Å². The minimum Gasteiger partial charge on any atom is -0.384 e. The van der Waals surface area contributed by atoms with Gasteiger partial charge in [0.15, 0.2) is 0 Å². The van der Waals surface area contributed by atoms with Crippen LogP contribution in [0.5, 0.6) is 0 Å². The summed E-state index contributed by atoms with van der Waals surface area (Å²) in [5.74, 6) is 4.57. The first kappa shape index (κ1) is 8.76. The van der Waals surface area contributed by atoms with Crippen molar-refractivity contribution in [3.05, 3.63) is 35.1 Å². The van der Waals surface area contributed by atoms with Crippen LogP contribution in [-0.2, 0) is 0 Å². The maximum Gasteiger partial charge on any atom is 0.139 e. The smallest absolute Gasteiger partial charge is 0.139 e. The highest BCUT2D eigenvalue weighted by atomic mass is 19.1. The molecule has 12 heavy (non-hydrogen) atoms. The van der Waals surface area contributed by atoms with E-state index in [0.29, 0.717) is 5.56 Å². The Morgan fingerprint density at radius 3 is 2.83 bits per heavy atom. The van der Waals surface area contributed by atoms with Crippen molar-refractivity contribution in [2.75, 3.05) is 6.61 Å². The second-order valence-electron chi connectivity index (χ2n) is 2.44. The van der Waals surface area contributed by atoms with Crippen LogP contribution in [0.2, 0.25) is 0 Å². The van der Waals surface area contributed by atoms with E-state index in [-0.39, 0.29) is 12.4 Å². The second-order valence-corrected chi connectivity index (χ2v) is 2.44. The largest absolute Gasteiger partial charge is 0.384 e. The summed E-state index contributed by atoms with van der Waals surface area (Å²) in [5, 5.41) is 8.38. The molecular weight excluding hydrogens is 155 g/mol. The normalized spacial score (nSPS) is 8.92. The van der Waals surface area contributed by atoms with Gasteiger partial charge in [0.1, 0.15) is 12.4 Å². The predicted octanol–water partition coefficient (Wildman–Crippen LogP) is 1.48. The van der Waals surface area contributed by atoms with Gasteiger partial charge >= 0.3 is 0 Å². The van der Waals surface area contributed by atoms with Gasteiger partial charge in [-0.1, -0.05) is 17.9 Å². The number of rotatable bonds is 0. The van der Waals surface area contributed by atoms with Gasteiger partial charge in [0, 0.05) is 0 Å². The van der Waals surface area contributed by atoms with E-state index in [1.54, 1.807) is 12.1 Å². The van der Waals surface area contributed by atoms with Crippen molar-refractivity contribution >= 4 is 0 Å². The minimum atomic E-state index is -0.337. The van der Waals surface area contributed by atoms with Gasteiger partial charge in [-0.2, -0.15) is 0 Å². The van der Waals surface area contributed by atoms with Crippen molar-refractivity contribution < 1.29 is 9.50 Å². The van der Waals surface area contributed by atoms with Crippen LogP contribution in [-0.4, -0.2) is 11.7 Å². The topological polar surface area (TPSA) is 20.2 Å². The third kappa shape index (κ3) is 2.08. The zero-order valence-electron chi connectivity index (χ0n) is 6.76. The summed E-state index contributed by atoms with van der Waals surface area (Å²) >= 11 is 0. The van der Waals surface area contributed by atoms with E-state index in [1.807, 2.05) is 6.92 Å². The molecule has 0 aliphatic rings. The number of hydrogen-bond acceptors (Lipinski definition) is 1. The first-order chi connectivity index (χ1) is 5.74. The fourth-order valence-electron chi connectivity index (χ4n) is 0.856. The Hall–Kier alpha value is -1.33. The van der Waals surface area contributed by atoms with Crippen molar-refractivity contribution in [3.63, 3.8) is 0 Å². The molecular formula is C10H9FO. The zero-order valence-corrected chi connectivity index (χ0v) is 6.76. The zero-order chi connectivity index (χ0) is 8.97. The summed E-state index contributed by atoms with van der Waals surface area (Å²) in [6.45, 7) is 1.57. The van der Waals surface area contributed by atoms with Crippen LogP contribution in [0.25, 0.3) is 0 Å². The molecule has 1 N–H and O–H groups in total. The number of aliphatic hydroxyl groups excluding tert-OH is 1. The molecule has 2 heteroatoms. The lowest BCUT2D eigenvalue weighted by molar-refractivity contribution is 0.350. The number of aryl methyl sites for hydroxylation is 1. The van der Waals surface area contributed by atoms with Crippen molar-refractivity contribution in [3.8, 4) is 11.8 Å². The van der Waals surface area contributed by atoms with Gasteiger partial charge < -0.3 is 5.11 Å². The molecule has 0 aliphatic heterocycles. The third-order valence-corrected chi connectivity index (χ3v) is 1.43. The van der Waals surface area contributed by atoms with Gasteiger partial charge in [-0.05, 0) is 24.6 Å². The highest BCUT2D eigenvalue weighted by Gasteiger charge is 1.96. The Kier molecular flexibility index (Phi) is 2.84. The lowest BCUT2D eigenvalue weighted by Gasteiger charge is -1.94. The van der Waals surface area contributed by atoms with Gasteiger partial charge in [-0.3, -0.25) is 0 Å². The third-order valence-electron chi connectivity index (χ3n) is 1.43. The summed E-state index contributed by atoms with van der Waals surface area (Å²) in [7, 11) is 0. The molecule has 1 rings (SSSR count). The van der Waals surface area contributed by atoms with Gasteiger partial charge in [0.25, 0.3) is 0 Å². The van der Waals surface area contributed by atoms with Gasteiger partial charge in [-0.15, -0.1) is 0 Å². The van der Waals surface area contributed by atoms with Gasteiger partial charge in [0.05, 0.1) is 5.56 Å².